The van der Waals surface area contributed by atoms with Crippen LogP contribution in [0, 0.1) is 11.6 Å². The van der Waals surface area contributed by atoms with E-state index in [1.165, 1.54) is 23.7 Å². The third-order valence-corrected chi connectivity index (χ3v) is 5.68. The van der Waals surface area contributed by atoms with Crippen molar-refractivity contribution in [3.05, 3.63) is 47.6 Å². The van der Waals surface area contributed by atoms with E-state index in [-0.39, 0.29) is 18.3 Å². The number of amides is 1. The van der Waals surface area contributed by atoms with Crippen molar-refractivity contribution in [3.63, 3.8) is 0 Å². The summed E-state index contributed by atoms with van der Waals surface area (Å²) in [4.78, 5) is 26.4. The van der Waals surface area contributed by atoms with Crippen LogP contribution in [-0.4, -0.2) is 51.2 Å². The number of likely N-dealkylation sites (tertiary alicyclic amines) is 1. The third-order valence-electron chi connectivity index (χ3n) is 4.92. The van der Waals surface area contributed by atoms with Gasteiger partial charge in [-0.3, -0.25) is 0 Å². The standard InChI is InChI=1S/C22H23F2N5O3S/c1-13(2)31-22(30)29-7-5-15(6-8-29)32-20-10-19(25-12-26-20)28-21-27-18(11-33-21)14-3-4-16(23)17(24)9-14/h3-4,9-13,15H,5-8H2,1-2H3,(H,25,26,27,28). The third kappa shape index (κ3) is 5.92. The Morgan fingerprint density at radius 1 is 1.18 bits per heavy atom. The number of rotatable bonds is 6. The molecule has 1 aliphatic rings. The Bertz CT molecular complexity index is 1120. The van der Waals surface area contributed by atoms with Gasteiger partial charge in [-0.2, -0.15) is 0 Å². The molecule has 1 fully saturated rings. The Labute approximate surface area is 193 Å². The van der Waals surface area contributed by atoms with E-state index in [1.54, 1.807) is 16.3 Å². The summed E-state index contributed by atoms with van der Waals surface area (Å²) >= 11 is 1.31. The number of carbonyl (C=O) groups excluding carboxylic acids is 1. The number of halogens is 2. The van der Waals surface area contributed by atoms with Crippen molar-refractivity contribution >= 4 is 28.4 Å². The molecule has 3 heterocycles. The molecule has 174 valence electrons. The first-order valence-electron chi connectivity index (χ1n) is 10.5. The van der Waals surface area contributed by atoms with Crippen LogP contribution < -0.4 is 10.1 Å². The molecule has 33 heavy (non-hydrogen) atoms. The molecule has 1 aromatic carbocycles. The highest BCUT2D eigenvalue weighted by atomic mass is 32.1. The molecule has 0 saturated carbocycles. The van der Waals surface area contributed by atoms with Crippen LogP contribution in [0.15, 0.2) is 36.0 Å². The van der Waals surface area contributed by atoms with Crippen molar-refractivity contribution < 1.29 is 23.0 Å². The second kappa shape index (κ2) is 10.1. The fraction of sp³-hybridized carbons (Fsp3) is 0.364. The van der Waals surface area contributed by atoms with Gasteiger partial charge in [-0.05, 0) is 32.0 Å². The summed E-state index contributed by atoms with van der Waals surface area (Å²) in [7, 11) is 0. The Balaban J connectivity index is 1.34. The van der Waals surface area contributed by atoms with Gasteiger partial charge in [0.15, 0.2) is 16.8 Å². The monoisotopic (exact) mass is 475 g/mol. The summed E-state index contributed by atoms with van der Waals surface area (Å²) in [5.74, 6) is -0.922. The van der Waals surface area contributed by atoms with Gasteiger partial charge in [0, 0.05) is 42.9 Å². The highest BCUT2D eigenvalue weighted by Gasteiger charge is 2.25. The number of benzene rings is 1. The number of aromatic nitrogens is 3. The maximum absolute atomic E-state index is 13.5. The van der Waals surface area contributed by atoms with E-state index in [4.69, 9.17) is 9.47 Å². The van der Waals surface area contributed by atoms with Crippen molar-refractivity contribution in [1.82, 2.24) is 19.9 Å². The maximum atomic E-state index is 13.5. The lowest BCUT2D eigenvalue weighted by molar-refractivity contribution is 0.0507. The van der Waals surface area contributed by atoms with E-state index in [2.05, 4.69) is 20.3 Å². The molecule has 3 aromatic rings. The molecule has 0 atom stereocenters. The number of nitrogens with zero attached hydrogens (tertiary/aromatic N) is 4. The van der Waals surface area contributed by atoms with Gasteiger partial charge in [0.2, 0.25) is 5.88 Å². The van der Waals surface area contributed by atoms with Gasteiger partial charge in [-0.25, -0.2) is 28.5 Å². The maximum Gasteiger partial charge on any atom is 0.410 e. The molecule has 1 N–H and O–H groups in total. The molecule has 0 bridgehead atoms. The number of hydrogen-bond acceptors (Lipinski definition) is 8. The minimum Gasteiger partial charge on any atom is -0.474 e. The van der Waals surface area contributed by atoms with Gasteiger partial charge in [0.25, 0.3) is 0 Å². The molecular formula is C22H23F2N5O3S. The lowest BCUT2D eigenvalue weighted by Gasteiger charge is -2.31. The van der Waals surface area contributed by atoms with E-state index in [1.807, 2.05) is 13.8 Å². The summed E-state index contributed by atoms with van der Waals surface area (Å²) in [6.07, 6.45) is 2.20. The van der Waals surface area contributed by atoms with Crippen molar-refractivity contribution in [2.45, 2.75) is 38.9 Å². The second-order valence-electron chi connectivity index (χ2n) is 7.77. The molecular weight excluding hydrogens is 452 g/mol. The van der Waals surface area contributed by atoms with Crippen LogP contribution in [0.4, 0.5) is 24.5 Å². The number of carbonyl (C=O) groups is 1. The first-order chi connectivity index (χ1) is 15.9. The van der Waals surface area contributed by atoms with Crippen LogP contribution in [-0.2, 0) is 4.74 Å². The van der Waals surface area contributed by atoms with Crippen molar-refractivity contribution in [2.75, 3.05) is 18.4 Å². The largest absolute Gasteiger partial charge is 0.474 e. The SMILES string of the molecule is CC(C)OC(=O)N1CCC(Oc2cc(Nc3nc(-c4ccc(F)c(F)c4)cs3)ncn2)CC1. The molecule has 0 radical (unpaired) electrons. The molecule has 1 aliphatic heterocycles. The highest BCUT2D eigenvalue weighted by molar-refractivity contribution is 7.14. The fourth-order valence-corrected chi connectivity index (χ4v) is 4.03. The van der Waals surface area contributed by atoms with Crippen LogP contribution in [0.1, 0.15) is 26.7 Å². The van der Waals surface area contributed by atoms with E-state index >= 15 is 0 Å². The quantitative estimate of drug-likeness (QED) is 0.536. The van der Waals surface area contributed by atoms with E-state index in [9.17, 15) is 13.6 Å². The summed E-state index contributed by atoms with van der Waals surface area (Å²) in [5, 5.41) is 5.36. The van der Waals surface area contributed by atoms with Gasteiger partial charge in [-0.15, -0.1) is 11.3 Å². The van der Waals surface area contributed by atoms with Crippen LogP contribution >= 0.6 is 11.3 Å². The Morgan fingerprint density at radius 3 is 2.70 bits per heavy atom. The average molecular weight is 476 g/mol. The minimum absolute atomic E-state index is 0.0734. The van der Waals surface area contributed by atoms with E-state index in [0.29, 0.717) is 54.0 Å². The van der Waals surface area contributed by atoms with Crippen LogP contribution in [0.3, 0.4) is 0 Å². The summed E-state index contributed by atoms with van der Waals surface area (Å²) in [5.41, 5.74) is 1.00. The number of anilines is 2. The molecule has 0 aliphatic carbocycles. The number of thiazole rings is 1. The number of piperidine rings is 1. The highest BCUT2D eigenvalue weighted by Crippen LogP contribution is 2.28. The molecule has 4 rings (SSSR count). The lowest BCUT2D eigenvalue weighted by Crippen LogP contribution is -2.42. The average Bonchev–Trinajstić information content (AvgIpc) is 3.24. The Hall–Kier alpha value is -3.34. The zero-order chi connectivity index (χ0) is 23.4. The van der Waals surface area contributed by atoms with E-state index in [0.717, 1.165) is 12.1 Å². The van der Waals surface area contributed by atoms with Gasteiger partial charge >= 0.3 is 6.09 Å². The lowest BCUT2D eigenvalue weighted by atomic mass is 10.1. The fourth-order valence-electron chi connectivity index (χ4n) is 3.30. The molecule has 1 amide bonds. The normalized spacial score (nSPS) is 14.4. The van der Waals surface area contributed by atoms with Gasteiger partial charge < -0.3 is 19.7 Å². The topological polar surface area (TPSA) is 89.5 Å². The molecule has 0 unspecified atom stereocenters. The van der Waals surface area contributed by atoms with Crippen molar-refractivity contribution in [3.8, 4) is 17.1 Å². The molecule has 11 heteroatoms. The second-order valence-corrected chi connectivity index (χ2v) is 8.63. The summed E-state index contributed by atoms with van der Waals surface area (Å²) in [6, 6.07) is 5.32. The Morgan fingerprint density at radius 2 is 1.97 bits per heavy atom. The van der Waals surface area contributed by atoms with Gasteiger partial charge in [0.1, 0.15) is 18.2 Å². The number of nitrogens with one attached hydrogen (secondary N) is 1. The molecule has 2 aromatic heterocycles. The smallest absolute Gasteiger partial charge is 0.410 e. The zero-order valence-corrected chi connectivity index (χ0v) is 18.9. The Kier molecular flexibility index (Phi) is 6.97. The molecule has 1 saturated heterocycles. The van der Waals surface area contributed by atoms with Crippen LogP contribution in [0.5, 0.6) is 5.88 Å². The molecule has 0 spiro atoms. The zero-order valence-electron chi connectivity index (χ0n) is 18.1. The number of ether oxygens (including phenoxy) is 2. The summed E-state index contributed by atoms with van der Waals surface area (Å²) < 4.78 is 37.9. The predicted molar refractivity (Wildman–Crippen MR) is 120 cm³/mol. The molecule has 8 nitrogen and oxygen atoms in total. The van der Waals surface area contributed by atoms with Gasteiger partial charge in [0.05, 0.1) is 11.8 Å². The van der Waals surface area contributed by atoms with Gasteiger partial charge in [-0.1, -0.05) is 0 Å². The van der Waals surface area contributed by atoms with Crippen molar-refractivity contribution in [2.24, 2.45) is 0 Å². The van der Waals surface area contributed by atoms with E-state index < -0.39 is 11.6 Å². The first-order valence-corrected chi connectivity index (χ1v) is 11.4. The van der Waals surface area contributed by atoms with Crippen LogP contribution in [0.25, 0.3) is 11.3 Å². The van der Waals surface area contributed by atoms with Crippen molar-refractivity contribution in [1.29, 1.82) is 0 Å². The first kappa shape index (κ1) is 22.8. The van der Waals surface area contributed by atoms with Crippen LogP contribution in [0.2, 0.25) is 0 Å². The summed E-state index contributed by atoms with van der Waals surface area (Å²) in [6.45, 7) is 4.75. The minimum atomic E-state index is -0.921. The number of hydrogen-bond donors (Lipinski definition) is 1. The predicted octanol–water partition coefficient (Wildman–Crippen LogP) is 5.01.